The predicted octanol–water partition coefficient (Wildman–Crippen LogP) is 2.43. The summed E-state index contributed by atoms with van der Waals surface area (Å²) in [5.41, 5.74) is 3.25. The standard InChI is InChI=1S/C14H21N2O/c1-10-7-6-8-13(11(10)2)15-9-14(4,5)16-12(3)17/h7-8,15H,9H2,1-5H3,(H,16,17). The number of benzene rings is 1. The van der Waals surface area contributed by atoms with Gasteiger partial charge in [0.25, 0.3) is 0 Å². The minimum absolute atomic E-state index is 0.00988. The predicted molar refractivity (Wildman–Crippen MR) is 71.1 cm³/mol. The van der Waals surface area contributed by atoms with Gasteiger partial charge in [-0.15, -0.1) is 0 Å². The number of rotatable bonds is 4. The Kier molecular flexibility index (Phi) is 4.16. The van der Waals surface area contributed by atoms with E-state index in [9.17, 15) is 4.79 Å². The molecule has 1 rings (SSSR count). The van der Waals surface area contributed by atoms with Crippen LogP contribution in [0.2, 0.25) is 0 Å². The fourth-order valence-corrected chi connectivity index (χ4v) is 1.70. The molecule has 0 bridgehead atoms. The van der Waals surface area contributed by atoms with E-state index in [1.807, 2.05) is 26.0 Å². The molecule has 0 fully saturated rings. The van der Waals surface area contributed by atoms with Gasteiger partial charge in [-0.25, -0.2) is 0 Å². The van der Waals surface area contributed by atoms with Crippen LogP contribution in [0.5, 0.6) is 0 Å². The maximum Gasteiger partial charge on any atom is 0.217 e. The van der Waals surface area contributed by atoms with Gasteiger partial charge in [-0.3, -0.25) is 4.79 Å². The average molecular weight is 233 g/mol. The van der Waals surface area contributed by atoms with Gasteiger partial charge in [0.2, 0.25) is 5.91 Å². The lowest BCUT2D eigenvalue weighted by molar-refractivity contribution is -0.120. The molecule has 0 saturated carbocycles. The SMILES string of the molecule is CC(=O)NC(C)(C)CNc1c[c]cc(C)c1C. The van der Waals surface area contributed by atoms with Crippen molar-refractivity contribution in [3.8, 4) is 0 Å². The molecule has 1 aromatic rings. The maximum absolute atomic E-state index is 11.0. The molecule has 0 unspecified atom stereocenters. The summed E-state index contributed by atoms with van der Waals surface area (Å²) < 4.78 is 0. The Morgan fingerprint density at radius 1 is 1.35 bits per heavy atom. The number of nitrogens with one attached hydrogen (secondary N) is 2. The van der Waals surface area contributed by atoms with Crippen molar-refractivity contribution in [3.63, 3.8) is 0 Å². The summed E-state index contributed by atoms with van der Waals surface area (Å²) in [6.45, 7) is 10.4. The summed E-state index contributed by atoms with van der Waals surface area (Å²) in [5.74, 6) is -0.00988. The number of amides is 1. The molecule has 93 valence electrons. The first kappa shape index (κ1) is 13.6. The molecule has 0 aromatic heterocycles. The average Bonchev–Trinajstić information content (AvgIpc) is 2.18. The third kappa shape index (κ3) is 4.10. The van der Waals surface area contributed by atoms with E-state index in [2.05, 4.69) is 30.5 Å². The molecule has 0 aliphatic carbocycles. The Labute approximate surface area is 104 Å². The summed E-state index contributed by atoms with van der Waals surface area (Å²) in [5, 5.41) is 6.27. The number of carbonyl (C=O) groups is 1. The van der Waals surface area contributed by atoms with E-state index >= 15 is 0 Å². The lowest BCUT2D eigenvalue weighted by Crippen LogP contribution is -2.47. The minimum atomic E-state index is -0.262. The second-order valence-electron chi connectivity index (χ2n) is 5.10. The Morgan fingerprint density at radius 3 is 2.59 bits per heavy atom. The summed E-state index contributed by atoms with van der Waals surface area (Å²) in [6, 6.07) is 7.01. The third-order valence-corrected chi connectivity index (χ3v) is 2.76. The van der Waals surface area contributed by atoms with Crippen LogP contribution in [0.1, 0.15) is 31.9 Å². The Hall–Kier alpha value is -1.51. The van der Waals surface area contributed by atoms with E-state index in [0.29, 0.717) is 6.54 Å². The Balaban J connectivity index is 2.67. The second-order valence-corrected chi connectivity index (χ2v) is 5.10. The van der Waals surface area contributed by atoms with Gasteiger partial charge in [0.15, 0.2) is 0 Å². The number of aryl methyl sites for hydroxylation is 1. The van der Waals surface area contributed by atoms with Crippen molar-refractivity contribution >= 4 is 11.6 Å². The van der Waals surface area contributed by atoms with Gasteiger partial charge < -0.3 is 10.6 Å². The molecule has 2 N–H and O–H groups in total. The van der Waals surface area contributed by atoms with Crippen molar-refractivity contribution in [2.24, 2.45) is 0 Å². The van der Waals surface area contributed by atoms with Crippen LogP contribution in [-0.2, 0) is 4.79 Å². The largest absolute Gasteiger partial charge is 0.382 e. The third-order valence-electron chi connectivity index (χ3n) is 2.76. The molecule has 0 saturated heterocycles. The van der Waals surface area contributed by atoms with Gasteiger partial charge in [0.1, 0.15) is 0 Å². The van der Waals surface area contributed by atoms with E-state index in [-0.39, 0.29) is 11.4 Å². The van der Waals surface area contributed by atoms with Crippen molar-refractivity contribution < 1.29 is 4.79 Å². The van der Waals surface area contributed by atoms with E-state index in [4.69, 9.17) is 0 Å². The van der Waals surface area contributed by atoms with Crippen LogP contribution in [0, 0.1) is 19.9 Å². The Morgan fingerprint density at radius 2 is 2.00 bits per heavy atom. The van der Waals surface area contributed by atoms with Crippen molar-refractivity contribution in [1.29, 1.82) is 0 Å². The Bertz CT molecular complexity index is 411. The van der Waals surface area contributed by atoms with Crippen LogP contribution in [0.15, 0.2) is 12.1 Å². The van der Waals surface area contributed by atoms with Gasteiger partial charge in [-0.1, -0.05) is 6.07 Å². The smallest absolute Gasteiger partial charge is 0.217 e. The van der Waals surface area contributed by atoms with Crippen molar-refractivity contribution in [3.05, 3.63) is 29.3 Å². The molecule has 3 nitrogen and oxygen atoms in total. The van der Waals surface area contributed by atoms with E-state index in [0.717, 1.165) is 5.69 Å². The highest BCUT2D eigenvalue weighted by molar-refractivity contribution is 5.73. The first-order valence-corrected chi connectivity index (χ1v) is 5.82. The van der Waals surface area contributed by atoms with Gasteiger partial charge in [-0.05, 0) is 51.0 Å². The summed E-state index contributed by atoms with van der Waals surface area (Å²) in [7, 11) is 0. The lowest BCUT2D eigenvalue weighted by Gasteiger charge is -2.27. The molecule has 1 amide bonds. The van der Waals surface area contributed by atoms with Crippen LogP contribution in [-0.4, -0.2) is 18.0 Å². The van der Waals surface area contributed by atoms with Crippen molar-refractivity contribution in [2.75, 3.05) is 11.9 Å². The van der Waals surface area contributed by atoms with E-state index in [1.54, 1.807) is 0 Å². The van der Waals surface area contributed by atoms with Gasteiger partial charge in [0.05, 0.1) is 5.54 Å². The van der Waals surface area contributed by atoms with Gasteiger partial charge in [0, 0.05) is 19.2 Å². The summed E-state index contributed by atoms with van der Waals surface area (Å²) >= 11 is 0. The fraction of sp³-hybridized carbons (Fsp3) is 0.500. The van der Waals surface area contributed by atoms with Crippen LogP contribution >= 0.6 is 0 Å². The first-order valence-electron chi connectivity index (χ1n) is 5.82. The number of hydrogen-bond acceptors (Lipinski definition) is 2. The zero-order valence-corrected chi connectivity index (χ0v) is 11.3. The zero-order valence-electron chi connectivity index (χ0n) is 11.3. The van der Waals surface area contributed by atoms with E-state index < -0.39 is 0 Å². The van der Waals surface area contributed by atoms with Crippen LogP contribution < -0.4 is 10.6 Å². The van der Waals surface area contributed by atoms with E-state index in [1.165, 1.54) is 18.1 Å². The normalized spacial score (nSPS) is 11.1. The highest BCUT2D eigenvalue weighted by atomic mass is 16.1. The van der Waals surface area contributed by atoms with Crippen molar-refractivity contribution in [2.45, 2.75) is 40.2 Å². The molecule has 0 spiro atoms. The maximum atomic E-state index is 11.0. The molecular weight excluding hydrogens is 212 g/mol. The van der Waals surface area contributed by atoms with Crippen LogP contribution in [0.25, 0.3) is 0 Å². The molecule has 3 heteroatoms. The second kappa shape index (κ2) is 5.21. The fourth-order valence-electron chi connectivity index (χ4n) is 1.70. The molecule has 1 aromatic carbocycles. The topological polar surface area (TPSA) is 41.1 Å². The highest BCUT2D eigenvalue weighted by Gasteiger charge is 2.18. The van der Waals surface area contributed by atoms with Crippen molar-refractivity contribution in [1.82, 2.24) is 5.32 Å². The molecule has 17 heavy (non-hydrogen) atoms. The number of hydrogen-bond donors (Lipinski definition) is 2. The lowest BCUT2D eigenvalue weighted by atomic mass is 10.0. The van der Waals surface area contributed by atoms with Crippen LogP contribution in [0.4, 0.5) is 5.69 Å². The molecule has 0 heterocycles. The van der Waals surface area contributed by atoms with Gasteiger partial charge >= 0.3 is 0 Å². The minimum Gasteiger partial charge on any atom is -0.382 e. The molecule has 0 aliphatic heterocycles. The number of anilines is 1. The first-order chi connectivity index (χ1) is 7.82. The zero-order chi connectivity index (χ0) is 13.1. The van der Waals surface area contributed by atoms with Crippen LogP contribution in [0.3, 0.4) is 0 Å². The van der Waals surface area contributed by atoms with Gasteiger partial charge in [-0.2, -0.15) is 0 Å². The number of carbonyl (C=O) groups excluding carboxylic acids is 1. The monoisotopic (exact) mass is 233 g/mol. The summed E-state index contributed by atoms with van der Waals surface area (Å²) in [4.78, 5) is 11.0. The molecule has 1 radical (unpaired) electrons. The quantitative estimate of drug-likeness (QED) is 0.838. The molecule has 0 atom stereocenters. The molecular formula is C14H21N2O. The highest BCUT2D eigenvalue weighted by Crippen LogP contribution is 2.18. The molecule has 0 aliphatic rings. The summed E-state index contributed by atoms with van der Waals surface area (Å²) in [6.07, 6.45) is 0.